The van der Waals surface area contributed by atoms with Gasteiger partial charge in [0.1, 0.15) is 19.0 Å². The number of fused-ring (bicyclic) bond motifs is 2. The Morgan fingerprint density at radius 3 is 2.00 bits per heavy atom. The second-order valence-corrected chi connectivity index (χ2v) is 12.4. The van der Waals surface area contributed by atoms with Crippen molar-refractivity contribution in [2.45, 2.75) is 12.8 Å². The molecule has 0 aliphatic carbocycles. The molecule has 1 heterocycles. The van der Waals surface area contributed by atoms with Gasteiger partial charge in [0, 0.05) is 43.2 Å². The second kappa shape index (κ2) is 18.6. The number of hydrogen-bond acceptors (Lipinski definition) is 12. The lowest BCUT2D eigenvalue weighted by molar-refractivity contribution is -0.147. The predicted molar refractivity (Wildman–Crippen MR) is 168 cm³/mol. The predicted octanol–water partition coefficient (Wildman–Crippen LogP) is 2.94. The highest BCUT2D eigenvalue weighted by atomic mass is 32.2. The molecule has 0 aliphatic rings. The van der Waals surface area contributed by atoms with Gasteiger partial charge in [0.2, 0.25) is 0 Å². The molecule has 3 rings (SSSR count). The molecule has 2 aromatic carbocycles. The minimum absolute atomic E-state index is 0.0367. The molecule has 0 unspecified atom stereocenters. The number of benzene rings is 2. The van der Waals surface area contributed by atoms with Crippen LogP contribution < -0.4 is 10.2 Å². The van der Waals surface area contributed by atoms with Crippen LogP contribution in [-0.4, -0.2) is 102 Å². The largest absolute Gasteiger partial charge is 0.484 e. The van der Waals surface area contributed by atoms with Gasteiger partial charge in [-0.1, -0.05) is 12.1 Å². The van der Waals surface area contributed by atoms with Crippen LogP contribution in [0, 0.1) is 0 Å². The molecule has 0 radical (unpaired) electrons. The number of aliphatic hydroxyl groups is 2. The highest BCUT2D eigenvalue weighted by Crippen LogP contribution is 2.27. The topological polar surface area (TPSA) is 140 Å². The Kier molecular flexibility index (Phi) is 14.9. The first-order valence-electron chi connectivity index (χ1n) is 13.5. The van der Waals surface area contributed by atoms with Crippen molar-refractivity contribution in [2.75, 3.05) is 69.1 Å². The summed E-state index contributed by atoms with van der Waals surface area (Å²) in [5.74, 6) is 1.28. The first-order chi connectivity index (χ1) is 20.4. The van der Waals surface area contributed by atoms with Crippen LogP contribution in [0.4, 0.5) is 0 Å². The number of ether oxygens (including phenoxy) is 3. The van der Waals surface area contributed by atoms with Crippen molar-refractivity contribution < 1.29 is 38.8 Å². The number of esters is 2. The Labute approximate surface area is 256 Å². The molecule has 0 fully saturated rings. The van der Waals surface area contributed by atoms with Gasteiger partial charge < -0.3 is 29.3 Å². The van der Waals surface area contributed by atoms with Crippen LogP contribution in [0.15, 0.2) is 47.3 Å². The van der Waals surface area contributed by atoms with Crippen LogP contribution >= 0.6 is 34.9 Å². The zero-order chi connectivity index (χ0) is 30.2. The van der Waals surface area contributed by atoms with Gasteiger partial charge in [-0.2, -0.15) is 23.5 Å². The molecule has 0 saturated carbocycles. The Balaban J connectivity index is 1.57. The third-order valence-corrected chi connectivity index (χ3v) is 8.96. The second-order valence-electron chi connectivity index (χ2n) is 8.87. The molecule has 1 aromatic heterocycles. The summed E-state index contributed by atoms with van der Waals surface area (Å²) in [7, 11) is 0. The Hall–Kier alpha value is -2.84. The maximum atomic E-state index is 13.1. The summed E-state index contributed by atoms with van der Waals surface area (Å²) in [6.07, 6.45) is 0.376. The summed E-state index contributed by atoms with van der Waals surface area (Å²) in [5, 5.41) is 18.8. The van der Waals surface area contributed by atoms with E-state index in [-0.39, 0.29) is 64.4 Å². The molecule has 0 aliphatic heterocycles. The van der Waals surface area contributed by atoms with Gasteiger partial charge in [-0.25, -0.2) is 0 Å². The van der Waals surface area contributed by atoms with E-state index < -0.39 is 17.8 Å². The van der Waals surface area contributed by atoms with Gasteiger partial charge in [0.15, 0.2) is 12.0 Å². The molecule has 42 heavy (non-hydrogen) atoms. The summed E-state index contributed by atoms with van der Waals surface area (Å²) < 4.78 is 18.0. The average molecular weight is 638 g/mol. The number of hydrogen-bond donors (Lipinski definition) is 2. The van der Waals surface area contributed by atoms with Gasteiger partial charge in [-0.15, -0.1) is 11.3 Å². The summed E-state index contributed by atoms with van der Waals surface area (Å²) >= 11 is 4.38. The van der Waals surface area contributed by atoms with Crippen LogP contribution in [0.3, 0.4) is 0 Å². The highest BCUT2D eigenvalue weighted by Gasteiger charge is 2.17. The minimum Gasteiger partial charge on any atom is -0.484 e. The van der Waals surface area contributed by atoms with Crippen molar-refractivity contribution in [3.63, 3.8) is 0 Å². The summed E-state index contributed by atoms with van der Waals surface area (Å²) in [5.41, 5.74) is -0.106. The molecule has 0 spiro atoms. The van der Waals surface area contributed by atoms with E-state index in [0.717, 1.165) is 9.40 Å². The van der Waals surface area contributed by atoms with E-state index in [2.05, 4.69) is 0 Å². The van der Waals surface area contributed by atoms with Crippen molar-refractivity contribution in [2.24, 2.45) is 0 Å². The number of carbonyl (C=O) groups is 3. The smallest absolute Gasteiger partial charge is 0.306 e. The van der Waals surface area contributed by atoms with Gasteiger partial charge >= 0.3 is 11.9 Å². The number of amides is 1. The monoisotopic (exact) mass is 637 g/mol. The number of nitrogens with zero attached hydrogens (tertiary/aromatic N) is 1. The first kappa shape index (κ1) is 33.7. The number of thioether (sulfide) groups is 2. The third kappa shape index (κ3) is 11.1. The van der Waals surface area contributed by atoms with Gasteiger partial charge in [-0.05, 0) is 30.3 Å². The van der Waals surface area contributed by atoms with Gasteiger partial charge in [-0.3, -0.25) is 19.2 Å². The molecule has 228 valence electrons. The lowest BCUT2D eigenvalue weighted by Gasteiger charge is -2.22. The van der Waals surface area contributed by atoms with E-state index in [1.165, 1.54) is 39.8 Å². The van der Waals surface area contributed by atoms with Crippen LogP contribution in [0.1, 0.15) is 12.8 Å². The van der Waals surface area contributed by atoms with Crippen LogP contribution in [-0.2, 0) is 23.9 Å². The van der Waals surface area contributed by atoms with E-state index in [1.54, 1.807) is 24.3 Å². The molecule has 0 atom stereocenters. The number of carbonyl (C=O) groups excluding carboxylic acids is 3. The molecule has 10 nitrogen and oxygen atoms in total. The van der Waals surface area contributed by atoms with E-state index >= 15 is 0 Å². The Bertz CT molecular complexity index is 1350. The SMILES string of the molecule is O=C(CCSCCO)OCCN(CCOC(=O)CCSCCO)C(=O)COc1ccc2sc3ccccc3c(=O)c2c1. The number of rotatable bonds is 19. The standard InChI is InChI=1S/C29H35NO9S3/c31-11-17-40-15-7-27(34)37-13-9-30(10-14-38-28(35)8-16-41-18-12-32)26(33)20-39-21-5-6-25-23(19-21)29(36)22-3-1-2-4-24(22)42-25/h1-6,19,31-32H,7-18,20H2. The molecular formula is C29H35NO9S3. The van der Waals surface area contributed by atoms with E-state index in [1.807, 2.05) is 18.2 Å². The Morgan fingerprint density at radius 2 is 1.38 bits per heavy atom. The molecule has 13 heteroatoms. The number of aliphatic hydroxyl groups excluding tert-OH is 2. The fraction of sp³-hybridized carbons (Fsp3) is 0.448. The molecule has 3 aromatic rings. The van der Waals surface area contributed by atoms with Gasteiger partial charge in [0.25, 0.3) is 5.91 Å². The normalized spacial score (nSPS) is 11.0. The molecule has 2 N–H and O–H groups in total. The van der Waals surface area contributed by atoms with Crippen molar-refractivity contribution >= 4 is 72.9 Å². The lowest BCUT2D eigenvalue weighted by atomic mass is 10.2. The van der Waals surface area contributed by atoms with E-state index in [4.69, 9.17) is 24.4 Å². The fourth-order valence-electron chi connectivity index (χ4n) is 3.80. The maximum Gasteiger partial charge on any atom is 0.306 e. The molecule has 0 bridgehead atoms. The lowest BCUT2D eigenvalue weighted by Crippen LogP contribution is -2.40. The minimum atomic E-state index is -0.408. The molecule has 0 saturated heterocycles. The zero-order valence-corrected chi connectivity index (χ0v) is 25.6. The Morgan fingerprint density at radius 1 is 0.786 bits per heavy atom. The van der Waals surface area contributed by atoms with E-state index in [9.17, 15) is 19.2 Å². The van der Waals surface area contributed by atoms with Crippen LogP contribution in [0.2, 0.25) is 0 Å². The molecule has 1 amide bonds. The van der Waals surface area contributed by atoms with Crippen LogP contribution in [0.5, 0.6) is 5.75 Å². The highest BCUT2D eigenvalue weighted by molar-refractivity contribution is 7.99. The van der Waals surface area contributed by atoms with Crippen molar-refractivity contribution in [1.29, 1.82) is 0 Å². The first-order valence-corrected chi connectivity index (χ1v) is 16.6. The van der Waals surface area contributed by atoms with Crippen molar-refractivity contribution in [3.05, 3.63) is 52.7 Å². The summed E-state index contributed by atoms with van der Waals surface area (Å²) in [6, 6.07) is 12.5. The third-order valence-electron chi connectivity index (χ3n) is 5.88. The van der Waals surface area contributed by atoms with Crippen molar-refractivity contribution in [3.8, 4) is 5.75 Å². The van der Waals surface area contributed by atoms with E-state index in [0.29, 0.717) is 39.5 Å². The summed E-state index contributed by atoms with van der Waals surface area (Å²) in [4.78, 5) is 51.5. The average Bonchev–Trinajstić information content (AvgIpc) is 3.00. The van der Waals surface area contributed by atoms with Crippen LogP contribution in [0.25, 0.3) is 20.2 Å². The maximum absolute atomic E-state index is 13.1. The molecular weight excluding hydrogens is 603 g/mol. The van der Waals surface area contributed by atoms with Crippen molar-refractivity contribution in [1.82, 2.24) is 4.90 Å². The summed E-state index contributed by atoms with van der Waals surface area (Å²) in [6.45, 7) is -0.154. The quantitative estimate of drug-likeness (QED) is 0.114. The fourth-order valence-corrected chi connectivity index (χ4v) is 6.14. The zero-order valence-electron chi connectivity index (χ0n) is 23.2. The van der Waals surface area contributed by atoms with Gasteiger partial charge in [0.05, 0.1) is 39.1 Å².